The minimum absolute atomic E-state index is 0. The molecule has 0 aliphatic rings. The van der Waals surface area contributed by atoms with Gasteiger partial charge in [-0.1, -0.05) is 19.8 Å². The Morgan fingerprint density at radius 3 is 2.38 bits per heavy atom. The fourth-order valence-corrected chi connectivity index (χ4v) is 1.42. The van der Waals surface area contributed by atoms with Crippen molar-refractivity contribution in [1.29, 1.82) is 0 Å². The first kappa shape index (κ1) is 16.1. The van der Waals surface area contributed by atoms with Gasteiger partial charge in [0.25, 0.3) is 10.1 Å². The molecule has 0 aromatic carbocycles. The van der Waals surface area contributed by atoms with Crippen LogP contribution in [-0.2, 0) is 14.3 Å². The number of hydrogen-bond acceptors (Lipinski definition) is 4. The van der Waals surface area contributed by atoms with E-state index in [0.29, 0.717) is 0 Å². The third kappa shape index (κ3) is 10.6. The lowest BCUT2D eigenvalue weighted by Gasteiger charge is -2.02. The van der Waals surface area contributed by atoms with Gasteiger partial charge in [-0.05, 0) is 6.42 Å². The minimum atomic E-state index is -3.46. The van der Waals surface area contributed by atoms with Crippen LogP contribution in [0.2, 0.25) is 0 Å². The highest BCUT2D eigenvalue weighted by Gasteiger charge is 2.08. The van der Waals surface area contributed by atoms with E-state index < -0.39 is 10.1 Å². The smallest absolute Gasteiger partial charge is 0.316 e. The number of hydrogen-bond donors (Lipinski definition) is 1. The Balaban J connectivity index is 0. The van der Waals surface area contributed by atoms with E-state index in [2.05, 4.69) is 4.18 Å². The Morgan fingerprint density at radius 1 is 1.31 bits per heavy atom. The summed E-state index contributed by atoms with van der Waals surface area (Å²) in [6.07, 6.45) is 2.75. The second-order valence-electron chi connectivity index (χ2n) is 2.51. The van der Waals surface area contributed by atoms with Gasteiger partial charge in [-0.25, -0.2) is 0 Å². The summed E-state index contributed by atoms with van der Waals surface area (Å²) in [6.45, 7) is 1.88. The Hall–Kier alpha value is 0.636. The summed E-state index contributed by atoms with van der Waals surface area (Å²) in [5, 5.41) is 8.35. The van der Waals surface area contributed by atoms with E-state index in [9.17, 15) is 8.42 Å². The van der Waals surface area contributed by atoms with Crippen LogP contribution in [-0.4, -0.2) is 55.5 Å². The van der Waals surface area contributed by atoms with E-state index >= 15 is 0 Å². The summed E-state index contributed by atoms with van der Waals surface area (Å²) >= 11 is 0. The summed E-state index contributed by atoms with van der Waals surface area (Å²) < 4.78 is 26.2. The molecular weight excluding hydrogens is 204 g/mol. The molecule has 0 fully saturated rings. The Bertz CT molecular complexity index is 191. The Labute approximate surface area is 95.9 Å². The average Bonchev–Trinajstić information content (AvgIpc) is 1.98. The monoisotopic (exact) mass is 222 g/mol. The standard InChI is InChI=1S/C7H16O4S.Mg.2H/c1-2-3-4-6-11-12(9,10)7-5-8;;;/h8H,2-7H2,1H3;;;. The first-order valence-corrected chi connectivity index (χ1v) is 5.68. The van der Waals surface area contributed by atoms with Crippen molar-refractivity contribution in [2.75, 3.05) is 19.0 Å². The van der Waals surface area contributed by atoms with Gasteiger partial charge in [-0.2, -0.15) is 8.42 Å². The maximum absolute atomic E-state index is 10.8. The second-order valence-corrected chi connectivity index (χ2v) is 4.27. The van der Waals surface area contributed by atoms with Crippen LogP contribution in [0, 0.1) is 0 Å². The molecule has 0 rings (SSSR count). The van der Waals surface area contributed by atoms with Gasteiger partial charge in [-0.3, -0.25) is 4.18 Å². The molecule has 0 unspecified atom stereocenters. The molecule has 0 spiro atoms. The van der Waals surface area contributed by atoms with Gasteiger partial charge in [0.2, 0.25) is 0 Å². The minimum Gasteiger partial charge on any atom is -0.395 e. The molecule has 0 bridgehead atoms. The summed E-state index contributed by atoms with van der Waals surface area (Å²) in [4.78, 5) is 0. The van der Waals surface area contributed by atoms with Gasteiger partial charge >= 0.3 is 23.1 Å². The van der Waals surface area contributed by atoms with Gasteiger partial charge < -0.3 is 5.11 Å². The molecule has 4 nitrogen and oxygen atoms in total. The molecule has 0 saturated carbocycles. The van der Waals surface area contributed by atoms with E-state index in [1.807, 2.05) is 6.92 Å². The second kappa shape index (κ2) is 9.20. The molecular formula is C7H18MgO4S. The number of aliphatic hydroxyl groups excluding tert-OH is 1. The topological polar surface area (TPSA) is 63.6 Å². The Morgan fingerprint density at radius 2 is 1.92 bits per heavy atom. The van der Waals surface area contributed by atoms with Gasteiger partial charge in [0.1, 0.15) is 0 Å². The predicted molar refractivity (Wildman–Crippen MR) is 54.9 cm³/mol. The zero-order valence-corrected chi connectivity index (χ0v) is 8.14. The van der Waals surface area contributed by atoms with Crippen LogP contribution in [0.5, 0.6) is 0 Å². The highest BCUT2D eigenvalue weighted by atomic mass is 32.2. The molecule has 0 atom stereocenters. The average molecular weight is 223 g/mol. The van der Waals surface area contributed by atoms with Crippen molar-refractivity contribution >= 4 is 33.2 Å². The highest BCUT2D eigenvalue weighted by molar-refractivity contribution is 7.86. The summed E-state index contributed by atoms with van der Waals surface area (Å²) in [5.74, 6) is -0.306. The number of rotatable bonds is 7. The summed E-state index contributed by atoms with van der Waals surface area (Å²) in [5.41, 5.74) is 0. The van der Waals surface area contributed by atoms with E-state index in [0.717, 1.165) is 19.3 Å². The van der Waals surface area contributed by atoms with Crippen LogP contribution in [0.25, 0.3) is 0 Å². The first-order chi connectivity index (χ1) is 5.62. The number of unbranched alkanes of at least 4 members (excludes halogenated alkanes) is 2. The molecule has 13 heavy (non-hydrogen) atoms. The molecule has 1 N–H and O–H groups in total. The normalized spacial score (nSPS) is 10.9. The van der Waals surface area contributed by atoms with Crippen molar-refractivity contribution in [3.63, 3.8) is 0 Å². The van der Waals surface area contributed by atoms with Crippen LogP contribution in [0.1, 0.15) is 26.2 Å². The molecule has 0 aromatic rings. The highest BCUT2D eigenvalue weighted by Crippen LogP contribution is 1.98. The zero-order valence-electron chi connectivity index (χ0n) is 7.32. The van der Waals surface area contributed by atoms with Crippen molar-refractivity contribution in [3.05, 3.63) is 0 Å². The molecule has 6 heteroatoms. The molecule has 78 valence electrons. The van der Waals surface area contributed by atoms with Crippen molar-refractivity contribution in [1.82, 2.24) is 0 Å². The molecule has 0 amide bonds. The molecule has 0 heterocycles. The fraction of sp³-hybridized carbons (Fsp3) is 1.00. The zero-order chi connectivity index (χ0) is 9.45. The maximum atomic E-state index is 10.8. The van der Waals surface area contributed by atoms with Crippen LogP contribution >= 0.6 is 0 Å². The van der Waals surface area contributed by atoms with Crippen molar-refractivity contribution in [3.8, 4) is 0 Å². The molecule has 0 radical (unpaired) electrons. The van der Waals surface area contributed by atoms with E-state index in [1.165, 1.54) is 0 Å². The third-order valence-electron chi connectivity index (χ3n) is 1.35. The van der Waals surface area contributed by atoms with Crippen LogP contribution in [0.4, 0.5) is 0 Å². The lowest BCUT2D eigenvalue weighted by Crippen LogP contribution is -2.13. The van der Waals surface area contributed by atoms with E-state index in [-0.39, 0.29) is 42.0 Å². The Kier molecular flexibility index (Phi) is 11.4. The fourth-order valence-electron chi connectivity index (χ4n) is 0.709. The quantitative estimate of drug-likeness (QED) is 0.362. The van der Waals surface area contributed by atoms with E-state index in [1.54, 1.807) is 0 Å². The molecule has 0 aliphatic heterocycles. The van der Waals surface area contributed by atoms with Gasteiger partial charge in [0.05, 0.1) is 19.0 Å². The SMILES string of the molecule is CCCCCOS(=O)(=O)CCO.[MgH2]. The number of aliphatic hydroxyl groups is 1. The first-order valence-electron chi connectivity index (χ1n) is 4.10. The lowest BCUT2D eigenvalue weighted by atomic mass is 10.3. The lowest BCUT2D eigenvalue weighted by molar-refractivity contribution is 0.286. The van der Waals surface area contributed by atoms with E-state index in [4.69, 9.17) is 5.11 Å². The van der Waals surface area contributed by atoms with Crippen molar-refractivity contribution in [2.45, 2.75) is 26.2 Å². The van der Waals surface area contributed by atoms with Crippen LogP contribution in [0.15, 0.2) is 0 Å². The van der Waals surface area contributed by atoms with Crippen LogP contribution < -0.4 is 0 Å². The predicted octanol–water partition coefficient (Wildman–Crippen LogP) is -0.401. The molecule has 0 aliphatic carbocycles. The molecule has 0 saturated heterocycles. The van der Waals surface area contributed by atoms with Crippen molar-refractivity contribution in [2.24, 2.45) is 0 Å². The molecule has 0 aromatic heterocycles. The maximum Gasteiger partial charge on any atom is 0.316 e. The summed E-state index contributed by atoms with van der Waals surface area (Å²) in [6, 6.07) is 0. The third-order valence-corrected chi connectivity index (χ3v) is 2.56. The van der Waals surface area contributed by atoms with Gasteiger partial charge in [-0.15, -0.1) is 0 Å². The largest absolute Gasteiger partial charge is 0.395 e. The van der Waals surface area contributed by atoms with Crippen molar-refractivity contribution < 1.29 is 17.7 Å². The van der Waals surface area contributed by atoms with Gasteiger partial charge in [0, 0.05) is 0 Å². The summed E-state index contributed by atoms with van der Waals surface area (Å²) in [7, 11) is -3.46. The van der Waals surface area contributed by atoms with Gasteiger partial charge in [0.15, 0.2) is 0 Å². The van der Waals surface area contributed by atoms with Crippen LogP contribution in [0.3, 0.4) is 0 Å².